The Bertz CT molecular complexity index is 743. The molecule has 5 nitrogen and oxygen atoms in total. The Kier molecular flexibility index (Phi) is 5.86. The first-order valence-electron chi connectivity index (χ1n) is 10.3. The molecule has 2 atom stereocenters. The lowest BCUT2D eigenvalue weighted by Gasteiger charge is -2.42. The predicted octanol–water partition coefficient (Wildman–Crippen LogP) is 2.93. The van der Waals surface area contributed by atoms with Crippen molar-refractivity contribution in [2.24, 2.45) is 0 Å². The summed E-state index contributed by atoms with van der Waals surface area (Å²) < 4.78 is 44.9. The summed E-state index contributed by atoms with van der Waals surface area (Å²) in [6, 6.07) is 3.32. The summed E-state index contributed by atoms with van der Waals surface area (Å²) in [7, 11) is 0. The predicted molar refractivity (Wildman–Crippen MR) is 101 cm³/mol. The number of carbonyl (C=O) groups is 1. The van der Waals surface area contributed by atoms with Crippen molar-refractivity contribution < 1.29 is 27.8 Å². The Morgan fingerprint density at radius 1 is 1.14 bits per heavy atom. The van der Waals surface area contributed by atoms with E-state index >= 15 is 0 Å². The van der Waals surface area contributed by atoms with Crippen LogP contribution in [-0.4, -0.2) is 60.4 Å². The maximum absolute atomic E-state index is 13.1. The van der Waals surface area contributed by atoms with Gasteiger partial charge >= 0.3 is 6.18 Å². The fourth-order valence-corrected chi connectivity index (χ4v) is 4.44. The summed E-state index contributed by atoms with van der Waals surface area (Å²) in [5, 5.41) is 12.8. The third-order valence-corrected chi connectivity index (χ3v) is 6.25. The van der Waals surface area contributed by atoms with E-state index in [1.165, 1.54) is 6.07 Å². The van der Waals surface area contributed by atoms with Gasteiger partial charge in [-0.05, 0) is 61.8 Å². The number of benzene rings is 1. The van der Waals surface area contributed by atoms with Crippen LogP contribution in [-0.2, 0) is 10.9 Å². The molecule has 2 saturated heterocycles. The molecular formula is C21H27F3N2O3. The summed E-state index contributed by atoms with van der Waals surface area (Å²) in [4.78, 5) is 15.3. The zero-order valence-electron chi connectivity index (χ0n) is 16.3. The van der Waals surface area contributed by atoms with Gasteiger partial charge in [-0.2, -0.15) is 13.2 Å². The van der Waals surface area contributed by atoms with E-state index in [2.05, 4.69) is 10.2 Å². The van der Waals surface area contributed by atoms with Gasteiger partial charge in [0.05, 0.1) is 24.3 Å². The highest BCUT2D eigenvalue weighted by atomic mass is 19.4. The minimum absolute atomic E-state index is 0.0278. The molecule has 1 saturated carbocycles. The van der Waals surface area contributed by atoms with Gasteiger partial charge in [0.15, 0.2) is 0 Å². The van der Waals surface area contributed by atoms with E-state index < -0.39 is 11.7 Å². The van der Waals surface area contributed by atoms with Gasteiger partial charge in [-0.25, -0.2) is 0 Å². The first-order valence-corrected chi connectivity index (χ1v) is 10.3. The number of aliphatic hydroxyl groups is 1. The van der Waals surface area contributed by atoms with Crippen LogP contribution in [0.5, 0.6) is 0 Å². The Morgan fingerprint density at radius 3 is 2.52 bits per heavy atom. The molecule has 2 heterocycles. The van der Waals surface area contributed by atoms with E-state index in [1.54, 1.807) is 0 Å². The van der Waals surface area contributed by atoms with Crippen molar-refractivity contribution in [1.82, 2.24) is 10.2 Å². The number of hydrogen-bond acceptors (Lipinski definition) is 4. The number of alkyl halides is 3. The lowest BCUT2D eigenvalue weighted by atomic mass is 9.96. The second-order valence-corrected chi connectivity index (χ2v) is 8.35. The van der Waals surface area contributed by atoms with Crippen molar-refractivity contribution in [3.8, 4) is 0 Å². The number of piperidine rings is 1. The Hall–Kier alpha value is -1.64. The van der Waals surface area contributed by atoms with Crippen LogP contribution in [0.1, 0.15) is 59.5 Å². The number of amides is 1. The van der Waals surface area contributed by atoms with Gasteiger partial charge in [0.1, 0.15) is 0 Å². The molecule has 2 N–H and O–H groups in total. The number of carbonyl (C=O) groups excluding carboxylic acids is 1. The SMILES string of the molecule is O=C(N[C@@H]1COCCC1N1CCC(O)CC1)c1ccc(C(F)(F)F)cc1C1CC1. The fraction of sp³-hybridized carbons (Fsp3) is 0.667. The van der Waals surface area contributed by atoms with Gasteiger partial charge in [0.2, 0.25) is 0 Å². The summed E-state index contributed by atoms with van der Waals surface area (Å²) in [6.45, 7) is 2.54. The first kappa shape index (κ1) is 20.6. The van der Waals surface area contributed by atoms with Crippen LogP contribution in [0.2, 0.25) is 0 Å². The van der Waals surface area contributed by atoms with Crippen LogP contribution in [0.15, 0.2) is 18.2 Å². The molecule has 1 aromatic rings. The molecule has 29 heavy (non-hydrogen) atoms. The van der Waals surface area contributed by atoms with Gasteiger partial charge in [-0.3, -0.25) is 9.69 Å². The molecule has 1 amide bonds. The molecule has 0 bridgehead atoms. The highest BCUT2D eigenvalue weighted by Crippen LogP contribution is 2.43. The summed E-state index contributed by atoms with van der Waals surface area (Å²) in [5.74, 6) is -0.307. The molecule has 1 unspecified atom stereocenters. The number of nitrogens with one attached hydrogen (secondary N) is 1. The lowest BCUT2D eigenvalue weighted by Crippen LogP contribution is -2.58. The van der Waals surface area contributed by atoms with E-state index in [0.717, 1.165) is 44.5 Å². The van der Waals surface area contributed by atoms with Crippen molar-refractivity contribution >= 4 is 5.91 Å². The standard InChI is InChI=1S/C21H27F3N2O3/c22-21(23,24)14-3-4-16(17(11-14)13-1-2-13)20(28)25-18-12-29-10-7-19(18)26-8-5-15(27)6-9-26/h3-4,11,13,15,18-19,27H,1-2,5-10,12H2,(H,25,28)/t18-,19?/m1/s1. The maximum atomic E-state index is 13.1. The van der Waals surface area contributed by atoms with Gasteiger partial charge in [0.25, 0.3) is 5.91 Å². The van der Waals surface area contributed by atoms with Crippen LogP contribution in [0, 0.1) is 0 Å². The van der Waals surface area contributed by atoms with Crippen molar-refractivity contribution in [3.63, 3.8) is 0 Å². The topological polar surface area (TPSA) is 61.8 Å². The second kappa shape index (κ2) is 8.24. The van der Waals surface area contributed by atoms with Crippen LogP contribution in [0.4, 0.5) is 13.2 Å². The molecule has 3 aliphatic rings. The largest absolute Gasteiger partial charge is 0.416 e. The van der Waals surface area contributed by atoms with Gasteiger partial charge in [0, 0.05) is 31.3 Å². The quantitative estimate of drug-likeness (QED) is 0.798. The number of nitrogens with zero attached hydrogens (tertiary/aromatic N) is 1. The second-order valence-electron chi connectivity index (χ2n) is 8.35. The zero-order valence-corrected chi connectivity index (χ0v) is 16.3. The molecule has 2 aliphatic heterocycles. The Morgan fingerprint density at radius 2 is 1.86 bits per heavy atom. The minimum Gasteiger partial charge on any atom is -0.393 e. The number of hydrogen-bond donors (Lipinski definition) is 2. The number of likely N-dealkylation sites (tertiary alicyclic amines) is 1. The van der Waals surface area contributed by atoms with Crippen LogP contribution >= 0.6 is 0 Å². The van der Waals surface area contributed by atoms with Gasteiger partial charge < -0.3 is 15.2 Å². The van der Waals surface area contributed by atoms with E-state index in [9.17, 15) is 23.1 Å². The molecule has 0 aromatic heterocycles. The number of aliphatic hydroxyl groups excluding tert-OH is 1. The molecule has 1 aromatic carbocycles. The minimum atomic E-state index is -4.42. The van der Waals surface area contributed by atoms with E-state index in [0.29, 0.717) is 37.2 Å². The maximum Gasteiger partial charge on any atom is 0.416 e. The van der Waals surface area contributed by atoms with E-state index in [4.69, 9.17) is 4.74 Å². The number of rotatable bonds is 4. The Balaban J connectivity index is 1.50. The van der Waals surface area contributed by atoms with Gasteiger partial charge in [-0.1, -0.05) is 0 Å². The molecule has 160 valence electrons. The number of ether oxygens (including phenoxy) is 1. The van der Waals surface area contributed by atoms with Crippen molar-refractivity contribution in [2.75, 3.05) is 26.3 Å². The lowest BCUT2D eigenvalue weighted by molar-refractivity contribution is -0.137. The average Bonchev–Trinajstić information content (AvgIpc) is 3.53. The summed E-state index contributed by atoms with van der Waals surface area (Å²) >= 11 is 0. The Labute approximate surface area is 168 Å². The molecular weight excluding hydrogens is 385 g/mol. The fourth-order valence-electron chi connectivity index (χ4n) is 4.44. The third kappa shape index (κ3) is 4.75. The molecule has 0 spiro atoms. The van der Waals surface area contributed by atoms with Crippen molar-refractivity contribution in [2.45, 2.75) is 62.4 Å². The average molecular weight is 412 g/mol. The molecule has 3 fully saturated rings. The zero-order chi connectivity index (χ0) is 20.6. The highest BCUT2D eigenvalue weighted by molar-refractivity contribution is 5.96. The van der Waals surface area contributed by atoms with Crippen molar-refractivity contribution in [1.29, 1.82) is 0 Å². The molecule has 0 radical (unpaired) electrons. The molecule has 4 rings (SSSR count). The number of halogens is 3. The monoisotopic (exact) mass is 412 g/mol. The third-order valence-electron chi connectivity index (χ3n) is 6.25. The summed E-state index contributed by atoms with van der Waals surface area (Å²) in [5.41, 5.74) is 0.118. The van der Waals surface area contributed by atoms with Crippen LogP contribution in [0.25, 0.3) is 0 Å². The smallest absolute Gasteiger partial charge is 0.393 e. The first-order chi connectivity index (χ1) is 13.8. The summed E-state index contributed by atoms with van der Waals surface area (Å²) in [6.07, 6.45) is -0.860. The van der Waals surface area contributed by atoms with E-state index in [-0.39, 0.29) is 30.0 Å². The normalized spacial score (nSPS) is 27.0. The molecule has 8 heteroatoms. The van der Waals surface area contributed by atoms with E-state index in [1.807, 2.05) is 0 Å². The highest BCUT2D eigenvalue weighted by Gasteiger charge is 2.37. The van der Waals surface area contributed by atoms with Crippen molar-refractivity contribution in [3.05, 3.63) is 34.9 Å². The van der Waals surface area contributed by atoms with Gasteiger partial charge in [-0.15, -0.1) is 0 Å². The van der Waals surface area contributed by atoms with Crippen LogP contribution < -0.4 is 5.32 Å². The van der Waals surface area contributed by atoms with Crippen LogP contribution in [0.3, 0.4) is 0 Å². The molecule has 1 aliphatic carbocycles.